The molecule has 2 heteroatoms. The van der Waals surface area contributed by atoms with Gasteiger partial charge in [0.25, 0.3) is 0 Å². The first-order valence-electron chi connectivity index (χ1n) is 5.32. The van der Waals surface area contributed by atoms with Crippen molar-refractivity contribution in [3.05, 3.63) is 41.5 Å². The Bertz CT molecular complexity index is 407. The van der Waals surface area contributed by atoms with Crippen molar-refractivity contribution < 1.29 is 4.79 Å². The summed E-state index contributed by atoms with van der Waals surface area (Å²) in [7, 11) is 1.66. The summed E-state index contributed by atoms with van der Waals surface area (Å²) in [5.41, 5.74) is 3.77. The van der Waals surface area contributed by atoms with Crippen LogP contribution in [0.3, 0.4) is 0 Å². The zero-order chi connectivity index (χ0) is 10.7. The Hall–Kier alpha value is -1.57. The minimum absolute atomic E-state index is 0.0123. The van der Waals surface area contributed by atoms with Gasteiger partial charge in [-0.1, -0.05) is 24.3 Å². The Morgan fingerprint density at radius 1 is 1.33 bits per heavy atom. The molecule has 1 aromatic carbocycles. The van der Waals surface area contributed by atoms with Crippen LogP contribution in [0.1, 0.15) is 24.0 Å². The number of allylic oxidation sites excluding steroid dienone is 1. The maximum atomic E-state index is 11.3. The first kappa shape index (κ1) is 9.97. The quantitative estimate of drug-likeness (QED) is 0.693. The van der Waals surface area contributed by atoms with Crippen LogP contribution in [0.25, 0.3) is 5.57 Å². The van der Waals surface area contributed by atoms with Crippen LogP contribution in [0, 0.1) is 0 Å². The highest BCUT2D eigenvalue weighted by Gasteiger charge is 2.13. The average molecular weight is 201 g/mol. The molecular weight excluding hydrogens is 186 g/mol. The van der Waals surface area contributed by atoms with Gasteiger partial charge in [-0.25, -0.2) is 0 Å². The fraction of sp³-hybridized carbons (Fsp3) is 0.308. The molecular formula is C13H15NO. The van der Waals surface area contributed by atoms with Crippen molar-refractivity contribution in [3.8, 4) is 0 Å². The number of hydrogen-bond acceptors (Lipinski definition) is 1. The van der Waals surface area contributed by atoms with Crippen LogP contribution in [0.2, 0.25) is 0 Å². The molecule has 0 saturated heterocycles. The number of carbonyl (C=O) groups is 1. The average Bonchev–Trinajstić information content (AvgIpc) is 2.29. The summed E-state index contributed by atoms with van der Waals surface area (Å²) >= 11 is 0. The summed E-state index contributed by atoms with van der Waals surface area (Å²) in [5, 5.41) is 2.63. The van der Waals surface area contributed by atoms with Crippen molar-refractivity contribution in [2.45, 2.75) is 19.3 Å². The molecule has 0 atom stereocenters. The molecule has 0 saturated carbocycles. The summed E-state index contributed by atoms with van der Waals surface area (Å²) in [4.78, 5) is 11.3. The topological polar surface area (TPSA) is 29.1 Å². The molecule has 0 unspecified atom stereocenters. The van der Waals surface area contributed by atoms with Crippen LogP contribution in [-0.4, -0.2) is 13.0 Å². The van der Waals surface area contributed by atoms with Gasteiger partial charge >= 0.3 is 0 Å². The third-order valence-electron chi connectivity index (χ3n) is 2.81. The number of rotatable bonds is 1. The lowest BCUT2D eigenvalue weighted by molar-refractivity contribution is -0.116. The lowest BCUT2D eigenvalue weighted by Crippen LogP contribution is -2.15. The molecule has 0 fully saturated rings. The SMILES string of the molecule is CNC(=O)/C=C1\CCCc2ccccc21. The standard InChI is InChI=1S/C13H15NO/c1-14-13(15)9-11-7-4-6-10-5-2-3-8-12(10)11/h2-3,5,8-9H,4,6-7H2,1H3,(H,14,15)/b11-9+. The van der Waals surface area contributed by atoms with Gasteiger partial charge in [0.05, 0.1) is 0 Å². The van der Waals surface area contributed by atoms with Crippen LogP contribution in [-0.2, 0) is 11.2 Å². The third-order valence-corrected chi connectivity index (χ3v) is 2.81. The van der Waals surface area contributed by atoms with Gasteiger partial charge in [0.1, 0.15) is 0 Å². The minimum atomic E-state index is -0.0123. The summed E-state index contributed by atoms with van der Waals surface area (Å²) in [6.07, 6.45) is 4.99. The van der Waals surface area contributed by atoms with E-state index in [1.807, 2.05) is 6.07 Å². The second-order valence-corrected chi connectivity index (χ2v) is 3.79. The molecule has 1 N–H and O–H groups in total. The molecule has 0 spiro atoms. The predicted octanol–water partition coefficient (Wildman–Crippen LogP) is 2.15. The normalized spacial score (nSPS) is 17.3. The third kappa shape index (κ3) is 2.09. The largest absolute Gasteiger partial charge is 0.356 e. The maximum absolute atomic E-state index is 11.3. The van der Waals surface area contributed by atoms with Crippen LogP contribution in [0.15, 0.2) is 30.3 Å². The van der Waals surface area contributed by atoms with Gasteiger partial charge in [-0.05, 0) is 36.0 Å². The second-order valence-electron chi connectivity index (χ2n) is 3.79. The number of likely N-dealkylation sites (N-methyl/N-ethyl adjacent to an activating group) is 1. The smallest absolute Gasteiger partial charge is 0.244 e. The van der Waals surface area contributed by atoms with Crippen molar-refractivity contribution in [2.75, 3.05) is 7.05 Å². The van der Waals surface area contributed by atoms with E-state index in [-0.39, 0.29) is 5.91 Å². The molecule has 1 aliphatic carbocycles. The van der Waals surface area contributed by atoms with E-state index >= 15 is 0 Å². The first-order valence-corrected chi connectivity index (χ1v) is 5.32. The number of amides is 1. The predicted molar refractivity (Wildman–Crippen MR) is 61.4 cm³/mol. The van der Waals surface area contributed by atoms with E-state index in [2.05, 4.69) is 23.5 Å². The van der Waals surface area contributed by atoms with E-state index in [1.165, 1.54) is 11.1 Å². The van der Waals surface area contributed by atoms with E-state index in [4.69, 9.17) is 0 Å². The highest BCUT2D eigenvalue weighted by Crippen LogP contribution is 2.30. The lowest BCUT2D eigenvalue weighted by Gasteiger charge is -2.18. The van der Waals surface area contributed by atoms with E-state index in [0.29, 0.717) is 0 Å². The second kappa shape index (κ2) is 4.30. The molecule has 0 aromatic heterocycles. The molecule has 1 aliphatic rings. The summed E-state index contributed by atoms with van der Waals surface area (Å²) in [5.74, 6) is -0.0123. The number of nitrogens with one attached hydrogen (secondary N) is 1. The summed E-state index contributed by atoms with van der Waals surface area (Å²) < 4.78 is 0. The van der Waals surface area contributed by atoms with Gasteiger partial charge in [0, 0.05) is 13.1 Å². The number of hydrogen-bond donors (Lipinski definition) is 1. The molecule has 0 aliphatic heterocycles. The molecule has 0 radical (unpaired) electrons. The van der Waals surface area contributed by atoms with Gasteiger partial charge in [0.15, 0.2) is 0 Å². The van der Waals surface area contributed by atoms with Crippen molar-refractivity contribution in [1.29, 1.82) is 0 Å². The zero-order valence-electron chi connectivity index (χ0n) is 8.92. The van der Waals surface area contributed by atoms with E-state index in [1.54, 1.807) is 13.1 Å². The zero-order valence-corrected chi connectivity index (χ0v) is 8.92. The lowest BCUT2D eigenvalue weighted by atomic mass is 9.87. The van der Waals surface area contributed by atoms with Crippen LogP contribution >= 0.6 is 0 Å². The molecule has 2 nitrogen and oxygen atoms in total. The maximum Gasteiger partial charge on any atom is 0.244 e. The Balaban J connectivity index is 2.37. The molecule has 0 heterocycles. The molecule has 15 heavy (non-hydrogen) atoms. The van der Waals surface area contributed by atoms with E-state index in [9.17, 15) is 4.79 Å². The minimum Gasteiger partial charge on any atom is -0.356 e. The Morgan fingerprint density at radius 3 is 2.93 bits per heavy atom. The van der Waals surface area contributed by atoms with Gasteiger partial charge in [0.2, 0.25) is 5.91 Å². The van der Waals surface area contributed by atoms with Crippen LogP contribution in [0.4, 0.5) is 0 Å². The molecule has 0 bridgehead atoms. The van der Waals surface area contributed by atoms with E-state index in [0.717, 1.165) is 24.8 Å². The van der Waals surface area contributed by atoms with E-state index < -0.39 is 0 Å². The highest BCUT2D eigenvalue weighted by molar-refractivity contribution is 5.95. The fourth-order valence-corrected chi connectivity index (χ4v) is 2.04. The van der Waals surface area contributed by atoms with Crippen molar-refractivity contribution in [1.82, 2.24) is 5.32 Å². The number of aryl methyl sites for hydroxylation is 1. The van der Waals surface area contributed by atoms with Crippen molar-refractivity contribution in [3.63, 3.8) is 0 Å². The molecule has 2 rings (SSSR count). The number of fused-ring (bicyclic) bond motifs is 1. The number of benzene rings is 1. The van der Waals surface area contributed by atoms with Gasteiger partial charge < -0.3 is 5.32 Å². The summed E-state index contributed by atoms with van der Waals surface area (Å²) in [6, 6.07) is 8.33. The molecule has 1 aromatic rings. The van der Waals surface area contributed by atoms with Crippen LogP contribution < -0.4 is 5.32 Å². The Kier molecular flexibility index (Phi) is 2.86. The number of carbonyl (C=O) groups excluding carboxylic acids is 1. The Morgan fingerprint density at radius 2 is 2.13 bits per heavy atom. The molecule has 78 valence electrons. The first-order chi connectivity index (χ1) is 7.31. The van der Waals surface area contributed by atoms with Gasteiger partial charge in [-0.2, -0.15) is 0 Å². The Labute approximate surface area is 90.0 Å². The van der Waals surface area contributed by atoms with Crippen molar-refractivity contribution in [2.24, 2.45) is 0 Å². The van der Waals surface area contributed by atoms with Crippen molar-refractivity contribution >= 4 is 11.5 Å². The van der Waals surface area contributed by atoms with Gasteiger partial charge in [-0.15, -0.1) is 0 Å². The highest BCUT2D eigenvalue weighted by atomic mass is 16.1. The fourth-order valence-electron chi connectivity index (χ4n) is 2.04. The van der Waals surface area contributed by atoms with Crippen LogP contribution in [0.5, 0.6) is 0 Å². The van der Waals surface area contributed by atoms with Gasteiger partial charge in [-0.3, -0.25) is 4.79 Å². The molecule has 1 amide bonds. The summed E-state index contributed by atoms with van der Waals surface area (Å²) in [6.45, 7) is 0. The monoisotopic (exact) mass is 201 g/mol.